The average Bonchev–Trinajstić information content (AvgIpc) is 2.75. The van der Waals surface area contributed by atoms with Gasteiger partial charge in [0.15, 0.2) is 0 Å². The Bertz CT molecular complexity index is 203. The van der Waals surface area contributed by atoms with Gasteiger partial charge in [0.1, 0.15) is 0 Å². The van der Waals surface area contributed by atoms with Gasteiger partial charge in [-0.2, -0.15) is 0 Å². The standard InChI is InChI=1S/C11H23N3O2/c1-14(2)11(15)13-8-7-12-6-5-10-4-3-9-16-10/h10,12H,3-9H2,1-2H3,(H,13,15). The van der Waals surface area contributed by atoms with Crippen LogP contribution in [-0.2, 0) is 4.74 Å². The summed E-state index contributed by atoms with van der Waals surface area (Å²) in [5.74, 6) is 0. The van der Waals surface area contributed by atoms with Crippen molar-refractivity contribution in [1.82, 2.24) is 15.5 Å². The van der Waals surface area contributed by atoms with Crippen molar-refractivity contribution in [3.8, 4) is 0 Å². The first-order chi connectivity index (χ1) is 7.70. The van der Waals surface area contributed by atoms with Crippen LogP contribution in [-0.4, -0.2) is 57.4 Å². The minimum Gasteiger partial charge on any atom is -0.378 e. The quantitative estimate of drug-likeness (QED) is 0.649. The summed E-state index contributed by atoms with van der Waals surface area (Å²) in [6.07, 6.45) is 3.91. The highest BCUT2D eigenvalue weighted by atomic mass is 16.5. The minimum atomic E-state index is -0.0408. The smallest absolute Gasteiger partial charge is 0.316 e. The van der Waals surface area contributed by atoms with Gasteiger partial charge in [-0.05, 0) is 25.8 Å². The van der Waals surface area contributed by atoms with Gasteiger partial charge in [0.2, 0.25) is 0 Å². The Hall–Kier alpha value is -0.810. The molecule has 0 saturated carbocycles. The maximum absolute atomic E-state index is 11.2. The number of rotatable bonds is 6. The lowest BCUT2D eigenvalue weighted by Gasteiger charge is -2.13. The highest BCUT2D eigenvalue weighted by molar-refractivity contribution is 5.73. The minimum absolute atomic E-state index is 0.0408. The summed E-state index contributed by atoms with van der Waals surface area (Å²) in [5, 5.41) is 6.10. The fraction of sp³-hybridized carbons (Fsp3) is 0.909. The number of nitrogens with zero attached hydrogens (tertiary/aromatic N) is 1. The molecule has 0 aliphatic carbocycles. The molecule has 2 N–H and O–H groups in total. The molecule has 94 valence electrons. The fourth-order valence-electron chi connectivity index (χ4n) is 1.68. The molecule has 0 aromatic carbocycles. The molecule has 1 aliphatic rings. The molecule has 16 heavy (non-hydrogen) atoms. The van der Waals surface area contributed by atoms with Crippen LogP contribution >= 0.6 is 0 Å². The summed E-state index contributed by atoms with van der Waals surface area (Å²) in [5.41, 5.74) is 0. The Kier molecular flexibility index (Phi) is 6.18. The van der Waals surface area contributed by atoms with Gasteiger partial charge in [0, 0.05) is 33.8 Å². The van der Waals surface area contributed by atoms with Crippen LogP contribution in [0.25, 0.3) is 0 Å². The van der Waals surface area contributed by atoms with Gasteiger partial charge in [-0.25, -0.2) is 4.79 Å². The number of nitrogens with one attached hydrogen (secondary N) is 2. The molecular weight excluding hydrogens is 206 g/mol. The van der Waals surface area contributed by atoms with Crippen LogP contribution in [0.1, 0.15) is 19.3 Å². The van der Waals surface area contributed by atoms with Gasteiger partial charge in [-0.1, -0.05) is 0 Å². The van der Waals surface area contributed by atoms with Crippen molar-refractivity contribution in [1.29, 1.82) is 0 Å². The van der Waals surface area contributed by atoms with Crippen molar-refractivity contribution in [2.45, 2.75) is 25.4 Å². The van der Waals surface area contributed by atoms with Crippen molar-refractivity contribution in [3.05, 3.63) is 0 Å². The number of carbonyl (C=O) groups excluding carboxylic acids is 1. The summed E-state index contributed by atoms with van der Waals surface area (Å²) < 4.78 is 5.51. The Labute approximate surface area is 97.5 Å². The molecule has 2 amide bonds. The molecule has 0 radical (unpaired) electrons. The third kappa shape index (κ3) is 5.32. The first-order valence-electron chi connectivity index (χ1n) is 5.97. The number of ether oxygens (including phenoxy) is 1. The lowest BCUT2D eigenvalue weighted by molar-refractivity contribution is 0.104. The van der Waals surface area contributed by atoms with E-state index in [9.17, 15) is 4.79 Å². The topological polar surface area (TPSA) is 53.6 Å². The van der Waals surface area contributed by atoms with E-state index in [-0.39, 0.29) is 6.03 Å². The van der Waals surface area contributed by atoms with E-state index in [1.807, 2.05) is 0 Å². The monoisotopic (exact) mass is 229 g/mol. The van der Waals surface area contributed by atoms with Crippen molar-refractivity contribution in [2.24, 2.45) is 0 Å². The summed E-state index contributed by atoms with van der Waals surface area (Å²) in [6.45, 7) is 3.36. The van der Waals surface area contributed by atoms with E-state index >= 15 is 0 Å². The van der Waals surface area contributed by atoms with E-state index in [1.165, 1.54) is 17.7 Å². The molecule has 0 bridgehead atoms. The largest absolute Gasteiger partial charge is 0.378 e. The Morgan fingerprint density at radius 2 is 2.19 bits per heavy atom. The molecule has 5 heteroatoms. The first-order valence-corrected chi connectivity index (χ1v) is 5.97. The van der Waals surface area contributed by atoms with Crippen LogP contribution in [0.15, 0.2) is 0 Å². The van der Waals surface area contributed by atoms with Crippen molar-refractivity contribution in [2.75, 3.05) is 40.3 Å². The number of hydrogen-bond donors (Lipinski definition) is 2. The van der Waals surface area contributed by atoms with Crippen LogP contribution in [0.2, 0.25) is 0 Å². The summed E-state index contributed by atoms with van der Waals surface area (Å²) >= 11 is 0. The third-order valence-electron chi connectivity index (χ3n) is 2.65. The van der Waals surface area contributed by atoms with Crippen LogP contribution < -0.4 is 10.6 Å². The van der Waals surface area contributed by atoms with Crippen LogP contribution in [0.4, 0.5) is 4.79 Å². The second kappa shape index (κ2) is 7.46. The molecule has 1 heterocycles. The van der Waals surface area contributed by atoms with E-state index in [0.717, 1.165) is 26.1 Å². The zero-order valence-electron chi connectivity index (χ0n) is 10.3. The van der Waals surface area contributed by atoms with Crippen molar-refractivity contribution in [3.63, 3.8) is 0 Å². The summed E-state index contributed by atoms with van der Waals surface area (Å²) in [6, 6.07) is -0.0408. The van der Waals surface area contributed by atoms with E-state index < -0.39 is 0 Å². The summed E-state index contributed by atoms with van der Waals surface area (Å²) in [7, 11) is 3.47. The normalized spacial score (nSPS) is 19.8. The first kappa shape index (κ1) is 13.3. The third-order valence-corrected chi connectivity index (χ3v) is 2.65. The molecule has 1 fully saturated rings. The van der Waals surface area contributed by atoms with Crippen LogP contribution in [0.3, 0.4) is 0 Å². The molecular formula is C11H23N3O2. The van der Waals surface area contributed by atoms with Gasteiger partial charge in [-0.3, -0.25) is 0 Å². The predicted molar refractivity (Wildman–Crippen MR) is 63.5 cm³/mol. The zero-order chi connectivity index (χ0) is 11.8. The molecule has 5 nitrogen and oxygen atoms in total. The second-order valence-corrected chi connectivity index (χ2v) is 4.30. The van der Waals surface area contributed by atoms with Gasteiger partial charge in [0.05, 0.1) is 6.10 Å². The van der Waals surface area contributed by atoms with Crippen molar-refractivity contribution < 1.29 is 9.53 Å². The fourth-order valence-corrected chi connectivity index (χ4v) is 1.68. The highest BCUT2D eigenvalue weighted by Crippen LogP contribution is 2.14. The Morgan fingerprint density at radius 3 is 2.81 bits per heavy atom. The highest BCUT2D eigenvalue weighted by Gasteiger charge is 2.14. The van der Waals surface area contributed by atoms with E-state index in [4.69, 9.17) is 4.74 Å². The van der Waals surface area contributed by atoms with Gasteiger partial charge in [-0.15, -0.1) is 0 Å². The van der Waals surface area contributed by atoms with Crippen LogP contribution in [0, 0.1) is 0 Å². The zero-order valence-corrected chi connectivity index (χ0v) is 10.3. The van der Waals surface area contributed by atoms with Gasteiger partial charge < -0.3 is 20.3 Å². The lowest BCUT2D eigenvalue weighted by Crippen LogP contribution is -2.38. The van der Waals surface area contributed by atoms with Crippen molar-refractivity contribution >= 4 is 6.03 Å². The van der Waals surface area contributed by atoms with E-state index in [0.29, 0.717) is 12.6 Å². The molecule has 0 aromatic rings. The molecule has 1 unspecified atom stereocenters. The number of hydrogen-bond acceptors (Lipinski definition) is 3. The SMILES string of the molecule is CN(C)C(=O)NCCNCCC1CCCO1. The number of carbonyl (C=O) groups is 1. The van der Waals surface area contributed by atoms with Gasteiger partial charge >= 0.3 is 6.03 Å². The second-order valence-electron chi connectivity index (χ2n) is 4.30. The molecule has 1 atom stereocenters. The maximum atomic E-state index is 11.2. The lowest BCUT2D eigenvalue weighted by atomic mass is 10.2. The maximum Gasteiger partial charge on any atom is 0.316 e. The van der Waals surface area contributed by atoms with E-state index in [1.54, 1.807) is 14.1 Å². The summed E-state index contributed by atoms with van der Waals surface area (Å²) in [4.78, 5) is 12.7. The molecule has 1 aliphatic heterocycles. The molecule has 1 rings (SSSR count). The molecule has 1 saturated heterocycles. The Morgan fingerprint density at radius 1 is 1.38 bits per heavy atom. The van der Waals surface area contributed by atoms with Gasteiger partial charge in [0.25, 0.3) is 0 Å². The van der Waals surface area contributed by atoms with E-state index in [2.05, 4.69) is 10.6 Å². The predicted octanol–water partition coefficient (Wildman–Crippen LogP) is 0.416. The van der Waals surface area contributed by atoms with Crippen LogP contribution in [0.5, 0.6) is 0 Å². The number of amides is 2. The Balaban J connectivity index is 1.86. The molecule has 0 aromatic heterocycles. The number of urea groups is 1. The molecule has 0 spiro atoms. The average molecular weight is 229 g/mol.